The molecule has 12 nitrogen and oxygen atoms in total. The van der Waals surface area contributed by atoms with E-state index in [1.165, 1.54) is 22.2 Å². The summed E-state index contributed by atoms with van der Waals surface area (Å²) in [6, 6.07) is 7.84. The maximum Gasteiger partial charge on any atom is 0.280 e. The zero-order valence-corrected chi connectivity index (χ0v) is 23.4. The van der Waals surface area contributed by atoms with Gasteiger partial charge in [0.05, 0.1) is 24.5 Å². The third-order valence-electron chi connectivity index (χ3n) is 8.39. The summed E-state index contributed by atoms with van der Waals surface area (Å²) in [6.45, 7) is 6.66. The van der Waals surface area contributed by atoms with E-state index in [2.05, 4.69) is 39.5 Å². The number of rotatable bonds is 5. The van der Waals surface area contributed by atoms with Crippen molar-refractivity contribution in [3.8, 4) is 16.9 Å². The molecule has 6 aromatic heterocycles. The minimum atomic E-state index is -0.305. The van der Waals surface area contributed by atoms with E-state index in [1.54, 1.807) is 16.9 Å². The minimum Gasteiger partial charge on any atom is -0.392 e. The number of pyridine rings is 2. The molecule has 0 aromatic carbocycles. The summed E-state index contributed by atoms with van der Waals surface area (Å²) >= 11 is 0. The number of anilines is 2. The molecular formula is C30H30N10O2. The van der Waals surface area contributed by atoms with Gasteiger partial charge in [0.2, 0.25) is 0 Å². The van der Waals surface area contributed by atoms with Gasteiger partial charge in [0, 0.05) is 60.8 Å². The van der Waals surface area contributed by atoms with Crippen LogP contribution >= 0.6 is 0 Å². The van der Waals surface area contributed by atoms with Crippen LogP contribution in [0, 0.1) is 5.41 Å². The van der Waals surface area contributed by atoms with E-state index in [0.29, 0.717) is 22.5 Å². The normalized spacial score (nSPS) is 15.8. The highest BCUT2D eigenvalue weighted by Crippen LogP contribution is 2.37. The Balaban J connectivity index is 1.23. The van der Waals surface area contributed by atoms with Crippen LogP contribution in [-0.4, -0.2) is 50.0 Å². The average Bonchev–Trinajstić information content (AvgIpc) is 3.75. The number of nitrogens with zero attached hydrogens (tertiary/aromatic N) is 8. The molecule has 1 aliphatic heterocycles. The van der Waals surface area contributed by atoms with Crippen LogP contribution in [0.5, 0.6) is 0 Å². The highest BCUT2D eigenvalue weighted by molar-refractivity contribution is 5.80. The van der Waals surface area contributed by atoms with Gasteiger partial charge in [-0.1, -0.05) is 13.8 Å². The van der Waals surface area contributed by atoms with Crippen molar-refractivity contribution in [2.75, 3.05) is 11.9 Å². The number of fused-ring (bicyclic) bond motifs is 5. The van der Waals surface area contributed by atoms with Gasteiger partial charge in [-0.15, -0.1) is 0 Å². The van der Waals surface area contributed by atoms with E-state index >= 15 is 0 Å². The molecule has 12 heteroatoms. The third-order valence-corrected chi connectivity index (χ3v) is 8.39. The Hall–Kier alpha value is -4.81. The van der Waals surface area contributed by atoms with Crippen LogP contribution < -0.4 is 16.2 Å². The lowest BCUT2D eigenvalue weighted by Crippen LogP contribution is -2.28. The topological polar surface area (TPSA) is 132 Å². The van der Waals surface area contributed by atoms with Crippen molar-refractivity contribution in [1.82, 2.24) is 43.6 Å². The van der Waals surface area contributed by atoms with Gasteiger partial charge in [-0.05, 0) is 47.6 Å². The monoisotopic (exact) mass is 562 g/mol. The quantitative estimate of drug-likeness (QED) is 0.292. The highest BCUT2D eigenvalue weighted by Gasteiger charge is 2.32. The molecule has 6 aromatic rings. The first-order valence-electron chi connectivity index (χ1n) is 14.1. The molecule has 1 aliphatic carbocycles. The van der Waals surface area contributed by atoms with Crippen LogP contribution in [0.4, 0.5) is 11.5 Å². The Morgan fingerprint density at radius 3 is 2.90 bits per heavy atom. The van der Waals surface area contributed by atoms with Crippen LogP contribution in [0.25, 0.3) is 28.1 Å². The maximum atomic E-state index is 13.8. The SMILES string of the molecule is CC1(C)Cc2cc3c(=O)n(-c4nccc(-c5cc(Nc6cc7n(n6)CCNC7)c6ncnn6c5)c4CO)ccn3c2C1. The zero-order chi connectivity index (χ0) is 28.6. The predicted octanol–water partition coefficient (Wildman–Crippen LogP) is 2.86. The van der Waals surface area contributed by atoms with Crippen molar-refractivity contribution in [2.45, 2.75) is 46.4 Å². The van der Waals surface area contributed by atoms with E-state index in [-0.39, 0.29) is 17.6 Å². The third kappa shape index (κ3) is 3.86. The Bertz CT molecular complexity index is 2060. The molecule has 0 spiro atoms. The fraction of sp³-hybridized carbons (Fsp3) is 0.300. The molecule has 2 aliphatic rings. The lowest BCUT2D eigenvalue weighted by Gasteiger charge is -2.17. The number of aliphatic hydroxyl groups is 1. The number of aromatic nitrogens is 8. The molecule has 0 amide bonds. The molecule has 0 saturated heterocycles. The molecule has 3 N–H and O–H groups in total. The maximum absolute atomic E-state index is 13.8. The predicted molar refractivity (Wildman–Crippen MR) is 157 cm³/mol. The first-order valence-corrected chi connectivity index (χ1v) is 14.1. The highest BCUT2D eigenvalue weighted by atomic mass is 16.3. The number of hydrogen-bond acceptors (Lipinski definition) is 8. The number of nitrogens with one attached hydrogen (secondary N) is 2. The second-order valence-corrected chi connectivity index (χ2v) is 11.9. The largest absolute Gasteiger partial charge is 0.392 e. The second-order valence-electron chi connectivity index (χ2n) is 11.9. The van der Waals surface area contributed by atoms with Gasteiger partial charge in [0.1, 0.15) is 17.7 Å². The zero-order valence-electron chi connectivity index (χ0n) is 23.4. The summed E-state index contributed by atoms with van der Waals surface area (Å²) in [5.74, 6) is 1.11. The molecule has 0 saturated carbocycles. The minimum absolute atomic E-state index is 0.170. The molecule has 7 heterocycles. The van der Waals surface area contributed by atoms with E-state index in [0.717, 1.165) is 60.8 Å². The van der Waals surface area contributed by atoms with E-state index in [4.69, 9.17) is 5.10 Å². The van der Waals surface area contributed by atoms with Crippen molar-refractivity contribution in [1.29, 1.82) is 0 Å². The van der Waals surface area contributed by atoms with Crippen LogP contribution in [-0.2, 0) is 32.5 Å². The van der Waals surface area contributed by atoms with Crippen molar-refractivity contribution >= 4 is 22.7 Å². The van der Waals surface area contributed by atoms with Crippen molar-refractivity contribution in [3.63, 3.8) is 0 Å². The van der Waals surface area contributed by atoms with Crippen molar-refractivity contribution in [3.05, 3.63) is 88.2 Å². The molecule has 0 fully saturated rings. The van der Waals surface area contributed by atoms with Crippen LogP contribution in [0.1, 0.15) is 36.4 Å². The fourth-order valence-electron chi connectivity index (χ4n) is 6.50. The van der Waals surface area contributed by atoms with E-state index < -0.39 is 0 Å². The van der Waals surface area contributed by atoms with Crippen molar-refractivity contribution < 1.29 is 5.11 Å². The Kier molecular flexibility index (Phi) is 5.40. The van der Waals surface area contributed by atoms with Gasteiger partial charge in [-0.2, -0.15) is 10.2 Å². The Morgan fingerprint density at radius 1 is 1.14 bits per heavy atom. The lowest BCUT2D eigenvalue weighted by atomic mass is 9.90. The molecule has 0 unspecified atom stereocenters. The van der Waals surface area contributed by atoms with Gasteiger partial charge in [-0.25, -0.2) is 14.5 Å². The summed E-state index contributed by atoms with van der Waals surface area (Å²) in [4.78, 5) is 22.8. The van der Waals surface area contributed by atoms with Gasteiger partial charge < -0.3 is 20.1 Å². The van der Waals surface area contributed by atoms with Gasteiger partial charge in [-0.3, -0.25) is 14.0 Å². The lowest BCUT2D eigenvalue weighted by molar-refractivity contribution is 0.281. The molecular weight excluding hydrogens is 532 g/mol. The summed E-state index contributed by atoms with van der Waals surface area (Å²) in [5, 5.41) is 26.5. The van der Waals surface area contributed by atoms with Crippen LogP contribution in [0.3, 0.4) is 0 Å². The number of aliphatic hydroxyl groups excluding tert-OH is 1. The van der Waals surface area contributed by atoms with Gasteiger partial charge in [0.25, 0.3) is 5.56 Å². The average molecular weight is 563 g/mol. The Labute approximate surface area is 240 Å². The van der Waals surface area contributed by atoms with Gasteiger partial charge in [0.15, 0.2) is 11.5 Å². The molecule has 0 radical (unpaired) electrons. The Morgan fingerprint density at radius 2 is 2.05 bits per heavy atom. The fourth-order valence-corrected chi connectivity index (χ4v) is 6.50. The molecule has 0 bridgehead atoms. The first kappa shape index (κ1) is 24.9. The van der Waals surface area contributed by atoms with Crippen molar-refractivity contribution in [2.24, 2.45) is 5.41 Å². The summed E-state index contributed by atoms with van der Waals surface area (Å²) < 4.78 is 7.23. The summed E-state index contributed by atoms with van der Waals surface area (Å²) in [7, 11) is 0. The second kappa shape index (κ2) is 9.10. The van der Waals surface area contributed by atoms with E-state index in [9.17, 15) is 9.90 Å². The molecule has 42 heavy (non-hydrogen) atoms. The van der Waals surface area contributed by atoms with Crippen LogP contribution in [0.15, 0.2) is 60.2 Å². The van der Waals surface area contributed by atoms with E-state index in [1.807, 2.05) is 45.7 Å². The standard InChI is InChI=1S/C30H30N10O2/c1-30(2)12-18-10-24-29(42)38(8-7-37(24)25(18)13-30)27-22(16-41)21(3-4-32-27)19-9-23(28-33-17-34-40(28)15-19)35-26-11-20-14-31-5-6-39(20)36-26/h3-4,7-11,15,17,31,41H,5-6,12-14,16H2,1-2H3,(H,35,36). The molecule has 8 rings (SSSR count). The summed E-state index contributed by atoms with van der Waals surface area (Å²) in [6.07, 6.45) is 10.6. The summed E-state index contributed by atoms with van der Waals surface area (Å²) in [5.41, 5.74) is 7.58. The smallest absolute Gasteiger partial charge is 0.280 e. The molecule has 212 valence electrons. The molecule has 0 atom stereocenters. The van der Waals surface area contributed by atoms with Crippen LogP contribution in [0.2, 0.25) is 0 Å². The van der Waals surface area contributed by atoms with Gasteiger partial charge >= 0.3 is 0 Å². The first-order chi connectivity index (χ1) is 20.4. The number of hydrogen-bond donors (Lipinski definition) is 3.